The topological polar surface area (TPSA) is 114 Å². The van der Waals surface area contributed by atoms with Crippen molar-refractivity contribution in [2.24, 2.45) is 16.7 Å². The summed E-state index contributed by atoms with van der Waals surface area (Å²) in [6.07, 6.45) is 1.93. The summed E-state index contributed by atoms with van der Waals surface area (Å²) in [6, 6.07) is 15.3. The molecule has 25 heavy (non-hydrogen) atoms. The van der Waals surface area contributed by atoms with Crippen LogP contribution in [-0.2, 0) is 9.47 Å². The maximum absolute atomic E-state index is 10.1. The maximum Gasteiger partial charge on any atom is 0.217 e. The Balaban J connectivity index is 2.01. The normalized spacial score (nSPS) is 37.7. The predicted octanol–water partition coefficient (Wildman–Crippen LogP) is 3.20. The average Bonchev–Trinajstić information content (AvgIpc) is 2.87. The number of rotatable bonds is 1. The number of benzene rings is 1. The molecule has 2 aliphatic heterocycles. The molecule has 2 heterocycles. The van der Waals surface area contributed by atoms with Crippen LogP contribution in [0.3, 0.4) is 0 Å². The number of hydrogen-bond donors (Lipinski definition) is 1. The van der Waals surface area contributed by atoms with Crippen molar-refractivity contribution >= 4 is 5.90 Å². The average molecular weight is 332 g/mol. The summed E-state index contributed by atoms with van der Waals surface area (Å²) in [4.78, 5) is 0. The molecule has 0 spiro atoms. The van der Waals surface area contributed by atoms with Crippen LogP contribution in [0.2, 0.25) is 0 Å². The van der Waals surface area contributed by atoms with E-state index in [1.165, 1.54) is 0 Å². The van der Waals surface area contributed by atoms with E-state index >= 15 is 0 Å². The van der Waals surface area contributed by atoms with Gasteiger partial charge in [0.2, 0.25) is 17.1 Å². The van der Waals surface area contributed by atoms with E-state index in [0.717, 1.165) is 12.8 Å². The molecule has 2 bridgehead atoms. The summed E-state index contributed by atoms with van der Waals surface area (Å²) in [7, 11) is 0. The molecule has 6 nitrogen and oxygen atoms in total. The fourth-order valence-corrected chi connectivity index (χ4v) is 4.79. The van der Waals surface area contributed by atoms with Crippen LogP contribution in [0.5, 0.6) is 0 Å². The summed E-state index contributed by atoms with van der Waals surface area (Å²) in [5.41, 5.74) is -2.80. The SMILES string of the molecule is N#CC1(C#N)[C@@H](c2ccccc2)O[C@@]23CCCC[C@@H]2[C@@]1(C#N)C(=N)O3. The Hall–Kier alpha value is -2.88. The zero-order valence-corrected chi connectivity index (χ0v) is 13.5. The minimum atomic E-state index is -1.83. The highest BCUT2D eigenvalue weighted by Gasteiger charge is 2.80. The number of ether oxygens (including phenoxy) is 2. The van der Waals surface area contributed by atoms with Crippen LogP contribution < -0.4 is 0 Å². The lowest BCUT2D eigenvalue weighted by molar-refractivity contribution is -0.294. The molecule has 0 unspecified atom stereocenters. The van der Waals surface area contributed by atoms with E-state index in [4.69, 9.17) is 14.9 Å². The highest BCUT2D eigenvalue weighted by molar-refractivity contribution is 5.89. The highest BCUT2D eigenvalue weighted by atomic mass is 16.7. The lowest BCUT2D eigenvalue weighted by Gasteiger charge is -2.51. The van der Waals surface area contributed by atoms with E-state index in [2.05, 4.69) is 18.2 Å². The van der Waals surface area contributed by atoms with E-state index in [-0.39, 0.29) is 5.90 Å². The Morgan fingerprint density at radius 2 is 1.76 bits per heavy atom. The zero-order valence-electron chi connectivity index (χ0n) is 13.5. The first-order valence-electron chi connectivity index (χ1n) is 8.35. The van der Waals surface area contributed by atoms with Crippen LogP contribution >= 0.6 is 0 Å². The van der Waals surface area contributed by atoms with Crippen molar-refractivity contribution in [3.8, 4) is 18.2 Å². The fourth-order valence-electron chi connectivity index (χ4n) is 4.79. The lowest BCUT2D eigenvalue weighted by atomic mass is 9.51. The van der Waals surface area contributed by atoms with Gasteiger partial charge in [-0.2, -0.15) is 15.8 Å². The number of nitrogens with one attached hydrogen (secondary N) is 1. The first-order valence-corrected chi connectivity index (χ1v) is 8.35. The van der Waals surface area contributed by atoms with Gasteiger partial charge in [-0.3, -0.25) is 5.41 Å². The van der Waals surface area contributed by atoms with Crippen molar-refractivity contribution in [3.05, 3.63) is 35.9 Å². The van der Waals surface area contributed by atoms with E-state index in [0.29, 0.717) is 18.4 Å². The molecule has 0 amide bonds. The molecule has 4 atom stereocenters. The van der Waals surface area contributed by atoms with E-state index in [1.54, 1.807) is 24.3 Å². The molecule has 2 saturated heterocycles. The van der Waals surface area contributed by atoms with E-state index in [9.17, 15) is 15.8 Å². The van der Waals surface area contributed by atoms with Crippen LogP contribution in [0, 0.1) is 56.2 Å². The molecule has 1 aromatic carbocycles. The zero-order chi connectivity index (χ0) is 17.7. The third-order valence-corrected chi connectivity index (χ3v) is 5.92. The largest absolute Gasteiger partial charge is 0.447 e. The standard InChI is InChI=1S/C19H16N4O2/c20-10-17(11-21)15(13-6-2-1-3-7-13)24-19-9-5-4-8-14(19)18(17,12-22)16(23)25-19/h1-3,6-7,14-15,23H,4-5,8-9H2/t14-,15-,18+,19-/m1/s1. The van der Waals surface area contributed by atoms with Crippen LogP contribution in [-0.4, -0.2) is 11.7 Å². The van der Waals surface area contributed by atoms with Gasteiger partial charge in [-0.25, -0.2) is 0 Å². The molecular weight excluding hydrogens is 316 g/mol. The number of hydrogen-bond acceptors (Lipinski definition) is 6. The molecular formula is C19H16N4O2. The third kappa shape index (κ3) is 1.62. The molecule has 1 N–H and O–H groups in total. The monoisotopic (exact) mass is 332 g/mol. The van der Waals surface area contributed by atoms with Crippen LogP contribution in [0.25, 0.3) is 0 Å². The maximum atomic E-state index is 10.1. The summed E-state index contributed by atoms with van der Waals surface area (Å²) in [6.45, 7) is 0. The predicted molar refractivity (Wildman–Crippen MR) is 85.5 cm³/mol. The molecule has 1 aromatic rings. The second-order valence-corrected chi connectivity index (χ2v) is 6.90. The van der Waals surface area contributed by atoms with Crippen molar-refractivity contribution in [1.82, 2.24) is 0 Å². The van der Waals surface area contributed by atoms with Gasteiger partial charge in [0.05, 0.1) is 24.1 Å². The van der Waals surface area contributed by atoms with Gasteiger partial charge < -0.3 is 9.47 Å². The van der Waals surface area contributed by atoms with Gasteiger partial charge in [0, 0.05) is 6.42 Å². The van der Waals surface area contributed by atoms with Crippen molar-refractivity contribution < 1.29 is 9.47 Å². The highest BCUT2D eigenvalue weighted by Crippen LogP contribution is 2.69. The Morgan fingerprint density at radius 1 is 1.04 bits per heavy atom. The smallest absolute Gasteiger partial charge is 0.217 e. The quantitative estimate of drug-likeness (QED) is 0.848. The summed E-state index contributed by atoms with van der Waals surface area (Å²) < 4.78 is 12.1. The molecule has 1 aliphatic carbocycles. The van der Waals surface area contributed by atoms with Gasteiger partial charge in [-0.1, -0.05) is 36.8 Å². The van der Waals surface area contributed by atoms with Gasteiger partial charge in [0.15, 0.2) is 5.41 Å². The summed E-state index contributed by atoms with van der Waals surface area (Å²) in [5.74, 6) is -1.88. The van der Waals surface area contributed by atoms with Gasteiger partial charge in [-0.05, 0) is 18.4 Å². The van der Waals surface area contributed by atoms with Crippen LogP contribution in [0.4, 0.5) is 0 Å². The Kier molecular flexibility index (Phi) is 3.16. The third-order valence-electron chi connectivity index (χ3n) is 5.92. The second-order valence-electron chi connectivity index (χ2n) is 6.90. The molecule has 4 rings (SSSR count). The van der Waals surface area contributed by atoms with Gasteiger partial charge in [-0.15, -0.1) is 0 Å². The van der Waals surface area contributed by atoms with Gasteiger partial charge >= 0.3 is 0 Å². The lowest BCUT2D eigenvalue weighted by Crippen LogP contribution is -2.60. The molecule has 3 aliphatic rings. The second kappa shape index (κ2) is 5.06. The fraction of sp³-hybridized carbons (Fsp3) is 0.474. The Morgan fingerprint density at radius 3 is 2.40 bits per heavy atom. The summed E-state index contributed by atoms with van der Waals surface area (Å²) in [5, 5.41) is 38.6. The van der Waals surface area contributed by atoms with Crippen molar-refractivity contribution in [1.29, 1.82) is 21.2 Å². The van der Waals surface area contributed by atoms with E-state index < -0.39 is 28.6 Å². The minimum Gasteiger partial charge on any atom is -0.447 e. The molecule has 6 heteroatoms. The van der Waals surface area contributed by atoms with E-state index in [1.807, 2.05) is 6.07 Å². The van der Waals surface area contributed by atoms with Crippen molar-refractivity contribution in [3.63, 3.8) is 0 Å². The number of nitriles is 3. The molecule has 1 saturated carbocycles. The van der Waals surface area contributed by atoms with Gasteiger partial charge in [0.1, 0.15) is 6.10 Å². The van der Waals surface area contributed by atoms with Crippen LogP contribution in [0.15, 0.2) is 30.3 Å². The molecule has 0 radical (unpaired) electrons. The molecule has 124 valence electrons. The summed E-state index contributed by atoms with van der Waals surface area (Å²) >= 11 is 0. The molecule has 0 aromatic heterocycles. The Labute approximate surface area is 145 Å². The first kappa shape index (κ1) is 15.6. The van der Waals surface area contributed by atoms with Gasteiger partial charge in [0.25, 0.3) is 0 Å². The molecule has 3 fully saturated rings. The van der Waals surface area contributed by atoms with Crippen LogP contribution in [0.1, 0.15) is 37.4 Å². The number of nitrogens with zero attached hydrogens (tertiary/aromatic N) is 3. The minimum absolute atomic E-state index is 0.302. The first-order chi connectivity index (χ1) is 12.1. The van der Waals surface area contributed by atoms with Crippen molar-refractivity contribution in [2.45, 2.75) is 37.6 Å². The Bertz CT molecular complexity index is 848. The van der Waals surface area contributed by atoms with Crippen molar-refractivity contribution in [2.75, 3.05) is 0 Å².